The summed E-state index contributed by atoms with van der Waals surface area (Å²) in [5, 5.41) is 0. The van der Waals surface area contributed by atoms with E-state index in [0.717, 1.165) is 11.1 Å². The molecule has 0 bridgehead atoms. The van der Waals surface area contributed by atoms with Gasteiger partial charge in [0, 0.05) is 30.6 Å². The predicted molar refractivity (Wildman–Crippen MR) is 73.7 cm³/mol. The molecule has 20 heavy (non-hydrogen) atoms. The van der Waals surface area contributed by atoms with Gasteiger partial charge in [0.1, 0.15) is 0 Å². The van der Waals surface area contributed by atoms with E-state index in [1.165, 1.54) is 0 Å². The van der Waals surface area contributed by atoms with Crippen molar-refractivity contribution in [1.29, 1.82) is 0 Å². The largest absolute Gasteiger partial charge is 0.366 e. The molecule has 0 spiro atoms. The van der Waals surface area contributed by atoms with Crippen LogP contribution >= 0.6 is 0 Å². The van der Waals surface area contributed by atoms with Crippen LogP contribution in [0.4, 0.5) is 0 Å². The molecule has 1 heterocycles. The number of rotatable bonds is 6. The Morgan fingerprint density at radius 1 is 1.30 bits per heavy atom. The second-order valence-electron chi connectivity index (χ2n) is 4.22. The van der Waals surface area contributed by atoms with Gasteiger partial charge in [-0.1, -0.05) is 12.1 Å². The van der Waals surface area contributed by atoms with E-state index in [2.05, 4.69) is 4.98 Å². The first kappa shape index (κ1) is 14.2. The molecule has 1 aromatic heterocycles. The Morgan fingerprint density at radius 2 is 2.05 bits per heavy atom. The van der Waals surface area contributed by atoms with Gasteiger partial charge < -0.3 is 15.2 Å². The monoisotopic (exact) mass is 272 g/mol. The van der Waals surface area contributed by atoms with Crippen LogP contribution in [0.5, 0.6) is 0 Å². The van der Waals surface area contributed by atoms with Gasteiger partial charge in [-0.3, -0.25) is 9.78 Å². The molecule has 0 saturated carbocycles. The van der Waals surface area contributed by atoms with Gasteiger partial charge in [-0.2, -0.15) is 0 Å². The topological polar surface area (TPSA) is 74.4 Å². The molecule has 0 radical (unpaired) electrons. The minimum Gasteiger partial charge on any atom is -0.366 e. The number of pyridine rings is 1. The number of carbonyl (C=O) groups is 1. The molecule has 0 aliphatic rings. The van der Waals surface area contributed by atoms with Crippen LogP contribution in [0.25, 0.3) is 0 Å². The molecule has 0 saturated heterocycles. The van der Waals surface area contributed by atoms with E-state index >= 15 is 0 Å². The third-order valence-electron chi connectivity index (χ3n) is 2.81. The first-order valence-corrected chi connectivity index (χ1v) is 6.14. The molecule has 104 valence electrons. The normalized spacial score (nSPS) is 12.1. The van der Waals surface area contributed by atoms with Gasteiger partial charge in [-0.05, 0) is 29.8 Å². The van der Waals surface area contributed by atoms with Crippen LogP contribution in [-0.4, -0.2) is 18.0 Å². The molecule has 5 heteroatoms. The van der Waals surface area contributed by atoms with Gasteiger partial charge >= 0.3 is 0 Å². The average molecular weight is 272 g/mol. The number of ether oxygens (including phenoxy) is 2. The van der Waals surface area contributed by atoms with E-state index < -0.39 is 12.2 Å². The number of carbonyl (C=O) groups excluding carboxylic acids is 1. The Bertz CT molecular complexity index is 572. The highest BCUT2D eigenvalue weighted by Gasteiger charge is 2.12. The van der Waals surface area contributed by atoms with E-state index in [1.54, 1.807) is 37.7 Å². The standard InChI is InChI=1S/C15H16N2O3/c1-19-15(20-10-11-5-7-17-8-6-11)13-4-2-3-12(9-13)14(16)18/h2-9,15H,10H2,1H3,(H2,16,18). The van der Waals surface area contributed by atoms with Crippen LogP contribution in [0.15, 0.2) is 48.8 Å². The summed E-state index contributed by atoms with van der Waals surface area (Å²) >= 11 is 0. The number of methoxy groups -OCH3 is 1. The number of benzene rings is 1. The number of nitrogens with two attached hydrogens (primary N) is 1. The van der Waals surface area contributed by atoms with E-state index in [4.69, 9.17) is 15.2 Å². The number of hydrogen-bond acceptors (Lipinski definition) is 4. The molecule has 1 atom stereocenters. The molecule has 0 fully saturated rings. The van der Waals surface area contributed by atoms with Crippen molar-refractivity contribution in [2.75, 3.05) is 7.11 Å². The lowest BCUT2D eigenvalue weighted by atomic mass is 10.1. The molecular formula is C15H16N2O3. The summed E-state index contributed by atoms with van der Waals surface area (Å²) in [5.41, 5.74) is 7.43. The Kier molecular flexibility index (Phi) is 4.81. The number of amides is 1. The second kappa shape index (κ2) is 6.79. The summed E-state index contributed by atoms with van der Waals surface area (Å²) in [7, 11) is 1.55. The lowest BCUT2D eigenvalue weighted by Gasteiger charge is -2.17. The molecule has 5 nitrogen and oxygen atoms in total. The van der Waals surface area contributed by atoms with E-state index in [0.29, 0.717) is 12.2 Å². The summed E-state index contributed by atoms with van der Waals surface area (Å²) in [6, 6.07) is 10.6. The maximum Gasteiger partial charge on any atom is 0.248 e. The average Bonchev–Trinajstić information content (AvgIpc) is 2.49. The minimum atomic E-state index is -0.553. The van der Waals surface area contributed by atoms with Crippen LogP contribution < -0.4 is 5.73 Å². The zero-order chi connectivity index (χ0) is 14.4. The maximum atomic E-state index is 11.2. The molecule has 1 aromatic carbocycles. The summed E-state index contributed by atoms with van der Waals surface area (Å²) in [6.45, 7) is 0.391. The molecule has 0 aliphatic heterocycles. The molecule has 2 rings (SSSR count). The highest BCUT2D eigenvalue weighted by Crippen LogP contribution is 2.20. The smallest absolute Gasteiger partial charge is 0.248 e. The van der Waals surface area contributed by atoms with Crippen molar-refractivity contribution < 1.29 is 14.3 Å². The third-order valence-corrected chi connectivity index (χ3v) is 2.81. The Morgan fingerprint density at radius 3 is 2.70 bits per heavy atom. The fourth-order valence-corrected chi connectivity index (χ4v) is 1.79. The molecule has 1 unspecified atom stereocenters. The van der Waals surface area contributed by atoms with Crippen molar-refractivity contribution in [3.8, 4) is 0 Å². The number of nitrogens with zero attached hydrogens (tertiary/aromatic N) is 1. The van der Waals surface area contributed by atoms with Gasteiger partial charge in [-0.15, -0.1) is 0 Å². The van der Waals surface area contributed by atoms with Crippen molar-refractivity contribution in [1.82, 2.24) is 4.98 Å². The highest BCUT2D eigenvalue weighted by atomic mass is 16.7. The summed E-state index contributed by atoms with van der Waals surface area (Å²) < 4.78 is 11.0. The van der Waals surface area contributed by atoms with Crippen molar-refractivity contribution in [3.63, 3.8) is 0 Å². The Hall–Kier alpha value is -2.24. The number of hydrogen-bond donors (Lipinski definition) is 1. The van der Waals surface area contributed by atoms with Gasteiger partial charge in [0.15, 0.2) is 6.29 Å². The minimum absolute atomic E-state index is 0.391. The summed E-state index contributed by atoms with van der Waals surface area (Å²) in [4.78, 5) is 15.1. The van der Waals surface area contributed by atoms with Crippen molar-refractivity contribution in [2.24, 2.45) is 5.73 Å². The van der Waals surface area contributed by atoms with E-state index in [9.17, 15) is 4.79 Å². The number of aromatic nitrogens is 1. The molecule has 2 N–H and O–H groups in total. The predicted octanol–water partition coefficient (Wildman–Crippen LogP) is 2.04. The quantitative estimate of drug-likeness (QED) is 0.817. The van der Waals surface area contributed by atoms with Crippen molar-refractivity contribution >= 4 is 5.91 Å². The third kappa shape index (κ3) is 3.63. The first-order valence-electron chi connectivity index (χ1n) is 6.14. The van der Waals surface area contributed by atoms with Crippen LogP contribution in [0.1, 0.15) is 27.8 Å². The van der Waals surface area contributed by atoms with Crippen LogP contribution in [0, 0.1) is 0 Å². The van der Waals surface area contributed by atoms with E-state index in [1.807, 2.05) is 18.2 Å². The SMILES string of the molecule is COC(OCc1ccncc1)c1cccc(C(N)=O)c1. The lowest BCUT2D eigenvalue weighted by Crippen LogP contribution is -2.13. The lowest BCUT2D eigenvalue weighted by molar-refractivity contribution is -0.135. The number of primary amides is 1. The van der Waals surface area contributed by atoms with Gasteiger partial charge in [-0.25, -0.2) is 0 Å². The van der Waals surface area contributed by atoms with Crippen LogP contribution in [-0.2, 0) is 16.1 Å². The molecule has 1 amide bonds. The maximum absolute atomic E-state index is 11.2. The Labute approximate surface area is 117 Å². The van der Waals surface area contributed by atoms with Crippen molar-refractivity contribution in [3.05, 3.63) is 65.5 Å². The van der Waals surface area contributed by atoms with Gasteiger partial charge in [0.05, 0.1) is 6.61 Å². The van der Waals surface area contributed by atoms with Crippen LogP contribution in [0.2, 0.25) is 0 Å². The fraction of sp³-hybridized carbons (Fsp3) is 0.200. The second-order valence-corrected chi connectivity index (χ2v) is 4.22. The zero-order valence-electron chi connectivity index (χ0n) is 11.2. The van der Waals surface area contributed by atoms with Gasteiger partial charge in [0.2, 0.25) is 5.91 Å². The fourth-order valence-electron chi connectivity index (χ4n) is 1.79. The highest BCUT2D eigenvalue weighted by molar-refractivity contribution is 5.92. The summed E-state index contributed by atoms with van der Waals surface area (Å²) in [6.07, 6.45) is 2.85. The first-order chi connectivity index (χ1) is 9.70. The molecule has 2 aromatic rings. The molecular weight excluding hydrogens is 256 g/mol. The van der Waals surface area contributed by atoms with E-state index in [-0.39, 0.29) is 0 Å². The zero-order valence-corrected chi connectivity index (χ0v) is 11.2. The Balaban J connectivity index is 2.08. The van der Waals surface area contributed by atoms with Gasteiger partial charge in [0.25, 0.3) is 0 Å². The van der Waals surface area contributed by atoms with Crippen molar-refractivity contribution in [2.45, 2.75) is 12.9 Å². The van der Waals surface area contributed by atoms with Crippen LogP contribution in [0.3, 0.4) is 0 Å². The molecule has 0 aliphatic carbocycles. The summed E-state index contributed by atoms with van der Waals surface area (Å²) in [5.74, 6) is -0.476.